The molecule has 0 N–H and O–H groups in total. The third-order valence-electron chi connectivity index (χ3n) is 2.09. The van der Waals surface area contributed by atoms with E-state index < -0.39 is 0 Å². The molecule has 0 fully saturated rings. The van der Waals surface area contributed by atoms with Crippen molar-refractivity contribution in [1.29, 1.82) is 0 Å². The van der Waals surface area contributed by atoms with E-state index in [4.69, 9.17) is 0 Å². The van der Waals surface area contributed by atoms with Gasteiger partial charge in [-0.25, -0.2) is 0 Å². The number of hydrogen-bond acceptors (Lipinski definition) is 0. The Labute approximate surface area is 99.9 Å². The topological polar surface area (TPSA) is 0 Å². The fraction of sp³-hybridized carbons (Fsp3) is 0.231. The molecule has 0 nitrogen and oxygen atoms in total. The third-order valence-corrected chi connectivity index (χ3v) is 2.53. The molecule has 0 amide bonds. The second kappa shape index (κ2) is 6.82. The van der Waals surface area contributed by atoms with Gasteiger partial charge in [0.15, 0.2) is 0 Å². The predicted molar refractivity (Wildman–Crippen MR) is 72.8 cm³/mol. The molecule has 74 valence electrons. The fourth-order valence-corrected chi connectivity index (χ4v) is 1.88. The van der Waals surface area contributed by atoms with Gasteiger partial charge in [0.1, 0.15) is 0 Å². The summed E-state index contributed by atoms with van der Waals surface area (Å²) < 4.78 is 1.05. The summed E-state index contributed by atoms with van der Waals surface area (Å²) in [4.78, 5) is 0. The van der Waals surface area contributed by atoms with Crippen LogP contribution in [0.1, 0.15) is 12.8 Å². The molecule has 0 radical (unpaired) electrons. The normalized spacial score (nSPS) is 17.2. The van der Waals surface area contributed by atoms with Crippen LogP contribution in [0.5, 0.6) is 0 Å². The number of halogens is 1. The molecular weight excluding hydrogens is 283 g/mol. The van der Waals surface area contributed by atoms with Gasteiger partial charge >= 0.3 is 0 Å². The molecule has 14 heavy (non-hydrogen) atoms. The van der Waals surface area contributed by atoms with Crippen molar-refractivity contribution in [2.45, 2.75) is 12.8 Å². The number of hydrogen-bond donors (Lipinski definition) is 0. The molecular formula is C13H15I. The summed E-state index contributed by atoms with van der Waals surface area (Å²) in [5, 5.41) is 0. The maximum Gasteiger partial charge on any atom is 0.0184 e. The summed E-state index contributed by atoms with van der Waals surface area (Å²) in [7, 11) is 0. The first-order valence-corrected chi connectivity index (χ1v) is 6.32. The molecule has 0 saturated carbocycles. The number of rotatable bonds is 4. The highest BCUT2D eigenvalue weighted by atomic mass is 127. The van der Waals surface area contributed by atoms with Crippen molar-refractivity contribution < 1.29 is 0 Å². The van der Waals surface area contributed by atoms with Gasteiger partial charge in [0, 0.05) is 4.43 Å². The van der Waals surface area contributed by atoms with Gasteiger partial charge in [0.05, 0.1) is 0 Å². The molecule has 1 rings (SSSR count). The second-order valence-corrected chi connectivity index (χ2v) is 3.95. The Morgan fingerprint density at radius 1 is 1.57 bits per heavy atom. The third kappa shape index (κ3) is 3.66. The van der Waals surface area contributed by atoms with Crippen molar-refractivity contribution in [3.8, 4) is 0 Å². The first-order chi connectivity index (χ1) is 6.88. The Bertz CT molecular complexity index is 303. The van der Waals surface area contributed by atoms with Crippen molar-refractivity contribution in [3.63, 3.8) is 0 Å². The van der Waals surface area contributed by atoms with Gasteiger partial charge in [0.25, 0.3) is 0 Å². The SMILES string of the molecule is C=C/C=C\C(=C/CI)C1=CC=CCC1. The molecule has 0 aromatic carbocycles. The molecule has 0 aromatic heterocycles. The standard InChI is InChI=1S/C13H15I/c1-2-3-7-13(10-11-14)12-8-5-4-6-9-12/h2-5,7-8,10H,1,6,9,11H2/b7-3-,13-10+. The van der Waals surface area contributed by atoms with Crippen molar-refractivity contribution in [2.24, 2.45) is 0 Å². The lowest BCUT2D eigenvalue weighted by Gasteiger charge is -2.09. The summed E-state index contributed by atoms with van der Waals surface area (Å²) in [6, 6.07) is 0. The lowest BCUT2D eigenvalue weighted by atomic mass is 9.97. The van der Waals surface area contributed by atoms with E-state index in [9.17, 15) is 0 Å². The summed E-state index contributed by atoms with van der Waals surface area (Å²) in [5.41, 5.74) is 2.77. The molecule has 1 aliphatic rings. The van der Waals surface area contributed by atoms with E-state index in [1.54, 1.807) is 0 Å². The average Bonchev–Trinajstić information content (AvgIpc) is 2.25. The van der Waals surface area contributed by atoms with Gasteiger partial charge in [-0.3, -0.25) is 0 Å². The molecule has 0 spiro atoms. The van der Waals surface area contributed by atoms with E-state index in [1.807, 2.05) is 12.2 Å². The van der Waals surface area contributed by atoms with E-state index in [0.29, 0.717) is 0 Å². The van der Waals surface area contributed by atoms with Crippen LogP contribution in [-0.4, -0.2) is 4.43 Å². The average molecular weight is 298 g/mol. The van der Waals surface area contributed by atoms with E-state index in [0.717, 1.165) is 17.3 Å². The van der Waals surface area contributed by atoms with Crippen LogP contribution in [0.4, 0.5) is 0 Å². The van der Waals surface area contributed by atoms with Crippen LogP contribution in [0.2, 0.25) is 0 Å². The van der Waals surface area contributed by atoms with Crippen LogP contribution in [0.15, 0.2) is 60.3 Å². The largest absolute Gasteiger partial charge is 0.0991 e. The van der Waals surface area contributed by atoms with Crippen molar-refractivity contribution >= 4 is 22.6 Å². The summed E-state index contributed by atoms with van der Waals surface area (Å²) in [6.45, 7) is 3.69. The molecule has 0 atom stereocenters. The maximum atomic E-state index is 3.69. The minimum atomic E-state index is 1.05. The van der Waals surface area contributed by atoms with Crippen LogP contribution in [0, 0.1) is 0 Å². The molecule has 0 aromatic rings. The first-order valence-electron chi connectivity index (χ1n) is 4.79. The zero-order valence-corrected chi connectivity index (χ0v) is 10.4. The quantitative estimate of drug-likeness (QED) is 0.411. The van der Waals surface area contributed by atoms with Gasteiger partial charge in [0.2, 0.25) is 0 Å². The molecule has 0 bridgehead atoms. The van der Waals surface area contributed by atoms with Gasteiger partial charge in [-0.05, 0) is 24.0 Å². The van der Waals surface area contributed by atoms with Gasteiger partial charge in [-0.2, -0.15) is 0 Å². The fourth-order valence-electron chi connectivity index (χ4n) is 1.40. The van der Waals surface area contributed by atoms with Gasteiger partial charge in [-0.15, -0.1) is 0 Å². The van der Waals surface area contributed by atoms with E-state index in [-0.39, 0.29) is 0 Å². The predicted octanol–water partition coefficient (Wildman–Crippen LogP) is 4.37. The van der Waals surface area contributed by atoms with E-state index in [1.165, 1.54) is 11.1 Å². The minimum absolute atomic E-state index is 1.05. The summed E-state index contributed by atoms with van der Waals surface area (Å²) >= 11 is 2.37. The second-order valence-electron chi connectivity index (χ2n) is 3.07. The van der Waals surface area contributed by atoms with Crippen LogP contribution >= 0.6 is 22.6 Å². The minimum Gasteiger partial charge on any atom is -0.0991 e. The van der Waals surface area contributed by atoms with Gasteiger partial charge < -0.3 is 0 Å². The maximum absolute atomic E-state index is 3.69. The monoisotopic (exact) mass is 298 g/mol. The Hall–Kier alpha value is -0.570. The molecule has 0 unspecified atom stereocenters. The van der Waals surface area contributed by atoms with Crippen LogP contribution in [0.25, 0.3) is 0 Å². The Balaban J connectivity index is 2.81. The highest BCUT2D eigenvalue weighted by Gasteiger charge is 2.02. The first kappa shape index (κ1) is 11.5. The van der Waals surface area contributed by atoms with E-state index in [2.05, 4.69) is 59.5 Å². The number of allylic oxidation sites excluding steroid dienone is 9. The Morgan fingerprint density at radius 2 is 2.43 bits per heavy atom. The van der Waals surface area contributed by atoms with E-state index >= 15 is 0 Å². The van der Waals surface area contributed by atoms with Crippen LogP contribution in [0.3, 0.4) is 0 Å². The van der Waals surface area contributed by atoms with Crippen molar-refractivity contribution in [2.75, 3.05) is 4.43 Å². The summed E-state index contributed by atoms with van der Waals surface area (Å²) in [5.74, 6) is 0. The van der Waals surface area contributed by atoms with Crippen molar-refractivity contribution in [1.82, 2.24) is 0 Å². The van der Waals surface area contributed by atoms with Gasteiger partial charge in [-0.1, -0.05) is 71.7 Å². The Kier molecular flexibility index (Phi) is 5.60. The highest BCUT2D eigenvalue weighted by molar-refractivity contribution is 14.1. The molecule has 0 aliphatic heterocycles. The molecule has 1 heteroatoms. The zero-order chi connectivity index (χ0) is 10.2. The number of alkyl halides is 1. The van der Waals surface area contributed by atoms with Crippen LogP contribution < -0.4 is 0 Å². The highest BCUT2D eigenvalue weighted by Crippen LogP contribution is 2.21. The molecule has 1 aliphatic carbocycles. The Morgan fingerprint density at radius 3 is 3.00 bits per heavy atom. The zero-order valence-electron chi connectivity index (χ0n) is 8.25. The lowest BCUT2D eigenvalue weighted by Crippen LogP contribution is -1.90. The van der Waals surface area contributed by atoms with Crippen molar-refractivity contribution in [3.05, 3.63) is 60.3 Å². The lowest BCUT2D eigenvalue weighted by molar-refractivity contribution is 0.977. The molecule has 0 heterocycles. The molecule has 0 saturated heterocycles. The van der Waals surface area contributed by atoms with Crippen LogP contribution in [-0.2, 0) is 0 Å². The smallest absolute Gasteiger partial charge is 0.0184 e. The summed E-state index contributed by atoms with van der Waals surface area (Å²) in [6.07, 6.45) is 17.1.